The van der Waals surface area contributed by atoms with Crippen LogP contribution in [0.5, 0.6) is 0 Å². The summed E-state index contributed by atoms with van der Waals surface area (Å²) in [6, 6.07) is 0. The maximum absolute atomic E-state index is 13.4. The van der Waals surface area contributed by atoms with Crippen LogP contribution in [0.1, 0.15) is 24.8 Å². The van der Waals surface area contributed by atoms with E-state index >= 15 is 0 Å². The molecule has 1 aliphatic rings. The van der Waals surface area contributed by atoms with Crippen molar-refractivity contribution in [1.29, 1.82) is 0 Å². The molecule has 0 bridgehead atoms. The molecule has 1 aromatic heterocycles. The number of halogens is 4. The largest absolute Gasteiger partial charge is 0.296 e. The minimum atomic E-state index is -3.63. The summed E-state index contributed by atoms with van der Waals surface area (Å²) >= 11 is 5.65. The molecule has 0 aromatic carbocycles. The van der Waals surface area contributed by atoms with Crippen molar-refractivity contribution in [3.8, 4) is 0 Å². The zero-order chi connectivity index (χ0) is 13.1. The van der Waals surface area contributed by atoms with Crippen LogP contribution in [0.15, 0.2) is 4.34 Å². The highest BCUT2D eigenvalue weighted by molar-refractivity contribution is 7.92. The Morgan fingerprint density at radius 1 is 1.39 bits per heavy atom. The second-order valence-electron chi connectivity index (χ2n) is 3.76. The van der Waals surface area contributed by atoms with Crippen LogP contribution in [0, 0.1) is 0 Å². The third-order valence-corrected chi connectivity index (χ3v) is 5.67. The number of alkyl halides is 4. The fourth-order valence-corrected chi connectivity index (χ4v) is 3.50. The van der Waals surface area contributed by atoms with Gasteiger partial charge in [0.15, 0.2) is 0 Å². The molecule has 1 saturated carbocycles. The first-order valence-electron chi connectivity index (χ1n) is 4.35. The Hall–Kier alpha value is -0.410. The van der Waals surface area contributed by atoms with Crippen molar-refractivity contribution in [1.82, 2.24) is 10.2 Å². The summed E-state index contributed by atoms with van der Waals surface area (Å²) < 4.78 is 60.9. The van der Waals surface area contributed by atoms with Crippen molar-refractivity contribution in [3.05, 3.63) is 5.01 Å². The van der Waals surface area contributed by atoms with Gasteiger partial charge in [0.1, 0.15) is 5.01 Å². The number of rotatable bonds is 2. The fraction of sp³-hybridized carbons (Fsp3) is 0.750. The van der Waals surface area contributed by atoms with Gasteiger partial charge in [0.2, 0.25) is 14.2 Å². The predicted octanol–water partition coefficient (Wildman–Crippen LogP) is 2.60. The van der Waals surface area contributed by atoms with Crippen molar-refractivity contribution in [2.75, 3.05) is 6.26 Å². The van der Waals surface area contributed by atoms with Gasteiger partial charge in [0, 0.05) is 12.7 Å². The molecule has 1 aliphatic carbocycles. The molecule has 0 amide bonds. The second kappa shape index (κ2) is 4.31. The van der Waals surface area contributed by atoms with Crippen molar-refractivity contribution in [3.63, 3.8) is 0 Å². The molecule has 2 rings (SSSR count). The van der Waals surface area contributed by atoms with Crippen molar-refractivity contribution in [2.24, 2.45) is 0 Å². The van der Waals surface area contributed by atoms with Gasteiger partial charge >= 0.3 is 0 Å². The molecule has 1 heterocycles. The third-order valence-electron chi connectivity index (χ3n) is 2.42. The number of nitrogens with zero attached hydrogens (tertiary/aromatic N) is 2. The highest BCUT2D eigenvalue weighted by atomic mass is 35.5. The van der Waals surface area contributed by atoms with Crippen LogP contribution in [0.3, 0.4) is 0 Å². The van der Waals surface area contributed by atoms with Gasteiger partial charge in [0.05, 0.1) is 5.92 Å². The lowest BCUT2D eigenvalue weighted by atomic mass is 9.79. The Balaban J connectivity index is 0.00000162. The van der Waals surface area contributed by atoms with E-state index in [2.05, 4.69) is 10.2 Å². The molecule has 104 valence electrons. The van der Waals surface area contributed by atoms with Crippen molar-refractivity contribution < 1.29 is 21.6 Å². The van der Waals surface area contributed by atoms with Gasteiger partial charge in [-0.05, 0) is 0 Å². The normalized spacial score (nSPS) is 30.4. The van der Waals surface area contributed by atoms with E-state index in [0.717, 1.165) is 6.26 Å². The Morgan fingerprint density at radius 3 is 2.28 bits per heavy atom. The van der Waals surface area contributed by atoms with Gasteiger partial charge in [0.25, 0.3) is 11.1 Å². The monoisotopic (exact) mass is 322 g/mol. The Morgan fingerprint density at radius 2 is 1.94 bits per heavy atom. The molecule has 1 aromatic rings. The summed E-state index contributed by atoms with van der Waals surface area (Å²) in [5.74, 6) is -4.96. The summed E-state index contributed by atoms with van der Waals surface area (Å²) in [6.07, 6.45) is 0.0987. The molecule has 0 radical (unpaired) electrons. The Labute approximate surface area is 111 Å². The third kappa shape index (κ3) is 2.23. The molecule has 1 fully saturated rings. The van der Waals surface area contributed by atoms with Gasteiger partial charge in [-0.3, -0.25) is 0 Å². The molecule has 2 atom stereocenters. The average molecular weight is 323 g/mol. The lowest BCUT2D eigenvalue weighted by molar-refractivity contribution is -0.182. The highest BCUT2D eigenvalue weighted by Crippen LogP contribution is 2.61. The topological polar surface area (TPSA) is 59.9 Å². The summed E-state index contributed by atoms with van der Waals surface area (Å²) in [6.45, 7) is 0. The van der Waals surface area contributed by atoms with Crippen LogP contribution in [-0.4, -0.2) is 35.9 Å². The van der Waals surface area contributed by atoms with E-state index in [1.165, 1.54) is 0 Å². The van der Waals surface area contributed by atoms with Crippen LogP contribution in [0.25, 0.3) is 0 Å². The predicted molar refractivity (Wildman–Crippen MR) is 61.7 cm³/mol. The van der Waals surface area contributed by atoms with Crippen molar-refractivity contribution >= 4 is 32.8 Å². The van der Waals surface area contributed by atoms with Crippen LogP contribution in [0.2, 0.25) is 0 Å². The zero-order valence-corrected chi connectivity index (χ0v) is 10.7. The lowest BCUT2D eigenvalue weighted by Gasteiger charge is -2.43. The van der Waals surface area contributed by atoms with E-state index in [0.29, 0.717) is 11.3 Å². The van der Waals surface area contributed by atoms with Gasteiger partial charge in [-0.1, -0.05) is 30.4 Å². The summed E-state index contributed by atoms with van der Waals surface area (Å²) in [5, 5.41) is 3.36. The minimum Gasteiger partial charge on any atom is -0.221 e. The molecule has 4 nitrogen and oxygen atoms in total. The smallest absolute Gasteiger partial charge is 0.221 e. The molecule has 0 N–H and O–H groups in total. The number of hydrogen-bond acceptors (Lipinski definition) is 5. The first-order valence-corrected chi connectivity index (χ1v) is 7.43. The van der Waals surface area contributed by atoms with E-state index in [1.807, 2.05) is 0 Å². The zero-order valence-electron chi connectivity index (χ0n) is 8.32. The molecule has 2 unspecified atom stereocenters. The van der Waals surface area contributed by atoms with E-state index < -0.39 is 33.2 Å². The minimum absolute atomic E-state index is 0. The first-order chi connectivity index (χ1) is 7.56. The summed E-state index contributed by atoms with van der Waals surface area (Å²) in [5.41, 5.74) is 0. The van der Waals surface area contributed by atoms with Gasteiger partial charge < -0.3 is 0 Å². The van der Waals surface area contributed by atoms with Gasteiger partial charge in [-0.2, -0.15) is 0 Å². The summed E-state index contributed by atoms with van der Waals surface area (Å²) in [7, 11) is -3.57. The van der Waals surface area contributed by atoms with Crippen LogP contribution < -0.4 is 0 Å². The van der Waals surface area contributed by atoms with Crippen LogP contribution in [0.4, 0.5) is 13.2 Å². The lowest BCUT2D eigenvalue weighted by Crippen LogP contribution is -2.56. The summed E-state index contributed by atoms with van der Waals surface area (Å²) in [4.78, 5) is 0. The van der Waals surface area contributed by atoms with Crippen LogP contribution in [-0.2, 0) is 9.84 Å². The van der Waals surface area contributed by atoms with E-state index in [9.17, 15) is 21.6 Å². The molecule has 0 saturated heterocycles. The maximum atomic E-state index is 13.4. The molecule has 0 aliphatic heterocycles. The van der Waals surface area contributed by atoms with E-state index in [4.69, 9.17) is 11.6 Å². The molecular formula is C8H10ClF3N2O2S2. The first kappa shape index (κ1) is 15.6. The van der Waals surface area contributed by atoms with E-state index in [-0.39, 0.29) is 16.8 Å². The quantitative estimate of drug-likeness (QED) is 0.785. The molecular weight excluding hydrogens is 313 g/mol. The van der Waals surface area contributed by atoms with Crippen LogP contribution >= 0.6 is 22.9 Å². The van der Waals surface area contributed by atoms with Gasteiger partial charge in [-0.15, -0.1) is 10.2 Å². The molecule has 10 heteroatoms. The maximum Gasteiger partial charge on any atom is 0.296 e. The fourth-order valence-electron chi connectivity index (χ4n) is 1.40. The number of sulfone groups is 1. The second-order valence-corrected chi connectivity index (χ2v) is 7.51. The van der Waals surface area contributed by atoms with E-state index in [1.54, 1.807) is 0 Å². The number of hydrogen-bond donors (Lipinski definition) is 0. The Kier molecular flexibility index (Phi) is 3.75. The van der Waals surface area contributed by atoms with Gasteiger partial charge in [-0.25, -0.2) is 21.6 Å². The Bertz CT molecular complexity index is 558. The average Bonchev–Trinajstić information content (AvgIpc) is 2.61. The SMILES string of the molecule is C.CS(=O)(=O)c1nnc(C2CC(F)(F)C2(F)Cl)s1. The van der Waals surface area contributed by atoms with Crippen molar-refractivity contribution in [2.45, 2.75) is 35.2 Å². The highest BCUT2D eigenvalue weighted by Gasteiger charge is 2.70. The molecule has 0 spiro atoms. The molecule has 18 heavy (non-hydrogen) atoms. The standard InChI is InChI=1S/C7H6ClF3N2O2S2.CH4/c1-17(14,15)5-13-12-4(16-5)3-2-6(9,10)7(3,8)11;/h3H,2H2,1H3;1H4. The number of aromatic nitrogens is 2.